The fourth-order valence-electron chi connectivity index (χ4n) is 0.407. The summed E-state index contributed by atoms with van der Waals surface area (Å²) in [4.78, 5) is 19.2. The van der Waals surface area contributed by atoms with Crippen molar-refractivity contribution < 1.29 is 23.2 Å². The molecule has 0 fully saturated rings. The molecule has 0 heterocycles. The van der Waals surface area contributed by atoms with Crippen LogP contribution in [0.25, 0.3) is 0 Å². The molecule has 0 rings (SSSR count). The summed E-state index contributed by atoms with van der Waals surface area (Å²) in [5, 5.41) is 10.1. The zero-order valence-corrected chi connectivity index (χ0v) is 6.70. The van der Waals surface area contributed by atoms with Crippen molar-refractivity contribution in [1.29, 1.82) is 0 Å². The van der Waals surface area contributed by atoms with Crippen LogP contribution in [0.1, 0.15) is 6.92 Å². The monoisotopic (exact) mass is 195 g/mol. The van der Waals surface area contributed by atoms with E-state index in [0.717, 1.165) is 0 Å². The molecule has 0 spiro atoms. The van der Waals surface area contributed by atoms with E-state index in [0.29, 0.717) is 13.0 Å². The van der Waals surface area contributed by atoms with E-state index in [-0.39, 0.29) is 0 Å². The molecule has 1 unspecified atom stereocenters. The number of rotatable bonds is 4. The summed E-state index contributed by atoms with van der Waals surface area (Å²) in [5.41, 5.74) is -3.01. The van der Waals surface area contributed by atoms with Crippen LogP contribution < -0.4 is 0 Å². The Hall–Kier alpha value is -1.53. The number of carbonyl (C=O) groups is 1. The van der Waals surface area contributed by atoms with Crippen LogP contribution in [0.15, 0.2) is 12.7 Å². The largest absolute Gasteiger partial charge is 0.423 e. The third-order valence-corrected chi connectivity index (χ3v) is 1.24. The van der Waals surface area contributed by atoms with Gasteiger partial charge in [0.05, 0.1) is 11.8 Å². The topological polar surface area (TPSA) is 69.4 Å². The molecule has 0 aliphatic carbocycles. The zero-order chi connectivity index (χ0) is 10.6. The Kier molecular flexibility index (Phi) is 3.46. The fraction of sp³-hybridized carbons (Fsp3) is 0.500. The van der Waals surface area contributed by atoms with Crippen LogP contribution in [0, 0.1) is 10.1 Å². The van der Waals surface area contributed by atoms with E-state index < -0.39 is 23.0 Å². The van der Waals surface area contributed by atoms with Gasteiger partial charge in [-0.1, -0.05) is 6.58 Å². The summed E-state index contributed by atoms with van der Waals surface area (Å²) >= 11 is 0. The molecule has 74 valence electrons. The number of carbonyl (C=O) groups excluding carboxylic acids is 1. The Morgan fingerprint density at radius 1 is 1.77 bits per heavy atom. The number of halogens is 2. The van der Waals surface area contributed by atoms with Crippen molar-refractivity contribution in [1.82, 2.24) is 0 Å². The summed E-state index contributed by atoms with van der Waals surface area (Å²) in [6, 6.07) is 0. The molecule has 0 bridgehead atoms. The van der Waals surface area contributed by atoms with E-state index in [4.69, 9.17) is 0 Å². The fourth-order valence-corrected chi connectivity index (χ4v) is 0.407. The Bertz CT molecular complexity index is 243. The smallest absolute Gasteiger partial charge is 0.388 e. The van der Waals surface area contributed by atoms with Crippen LogP contribution in [0.2, 0.25) is 0 Å². The first kappa shape index (κ1) is 11.5. The van der Waals surface area contributed by atoms with Gasteiger partial charge in [0.1, 0.15) is 0 Å². The standard InChI is InChI=1S/C6H7F2NO4/c1-3-4(10)13-6(2,5(7)8)9(11)12/h3,5H,1H2,2H3. The molecule has 0 saturated carbocycles. The molecule has 5 nitrogen and oxygen atoms in total. The molecular formula is C6H7F2NO4. The zero-order valence-electron chi connectivity index (χ0n) is 6.70. The lowest BCUT2D eigenvalue weighted by Gasteiger charge is -2.18. The molecule has 0 saturated heterocycles. The predicted molar refractivity (Wildman–Crippen MR) is 37.7 cm³/mol. The van der Waals surface area contributed by atoms with Gasteiger partial charge in [0.25, 0.3) is 0 Å². The number of nitrogens with zero attached hydrogens (tertiary/aromatic N) is 1. The van der Waals surface area contributed by atoms with Gasteiger partial charge in [-0.2, -0.15) is 8.78 Å². The molecule has 0 amide bonds. The number of ether oxygens (including phenoxy) is 1. The third-order valence-electron chi connectivity index (χ3n) is 1.24. The van der Waals surface area contributed by atoms with E-state index in [1.807, 2.05) is 0 Å². The van der Waals surface area contributed by atoms with Crippen molar-refractivity contribution in [3.8, 4) is 0 Å². The average molecular weight is 195 g/mol. The van der Waals surface area contributed by atoms with Crippen LogP contribution in [0.5, 0.6) is 0 Å². The second-order valence-electron chi connectivity index (χ2n) is 2.24. The summed E-state index contributed by atoms with van der Waals surface area (Å²) in [5.74, 6) is -1.26. The number of hydrogen-bond acceptors (Lipinski definition) is 4. The lowest BCUT2D eigenvalue weighted by molar-refractivity contribution is -0.632. The van der Waals surface area contributed by atoms with Gasteiger partial charge in [-0.15, -0.1) is 0 Å². The van der Waals surface area contributed by atoms with Crippen molar-refractivity contribution >= 4 is 5.97 Å². The highest BCUT2D eigenvalue weighted by atomic mass is 19.3. The van der Waals surface area contributed by atoms with E-state index in [1.165, 1.54) is 0 Å². The summed E-state index contributed by atoms with van der Waals surface area (Å²) in [6.07, 6.45) is -2.82. The second kappa shape index (κ2) is 3.92. The first-order chi connectivity index (χ1) is 5.84. The van der Waals surface area contributed by atoms with E-state index >= 15 is 0 Å². The maximum Gasteiger partial charge on any atom is 0.423 e. The van der Waals surface area contributed by atoms with Crippen LogP contribution in [0.4, 0.5) is 8.78 Å². The minimum absolute atomic E-state index is 0.513. The third kappa shape index (κ3) is 2.46. The minimum Gasteiger partial charge on any atom is -0.388 e. The Morgan fingerprint density at radius 3 is 2.46 bits per heavy atom. The quantitative estimate of drug-likeness (QED) is 0.220. The number of alkyl halides is 2. The van der Waals surface area contributed by atoms with Crippen molar-refractivity contribution in [3.63, 3.8) is 0 Å². The Morgan fingerprint density at radius 2 is 2.23 bits per heavy atom. The second-order valence-corrected chi connectivity index (χ2v) is 2.24. The van der Waals surface area contributed by atoms with Crippen LogP contribution in [-0.4, -0.2) is 23.0 Å². The van der Waals surface area contributed by atoms with Gasteiger partial charge < -0.3 is 4.74 Å². The summed E-state index contributed by atoms with van der Waals surface area (Å²) in [6.45, 7) is 3.43. The van der Waals surface area contributed by atoms with E-state index in [1.54, 1.807) is 0 Å². The van der Waals surface area contributed by atoms with Gasteiger partial charge in [-0.25, -0.2) is 4.79 Å². The van der Waals surface area contributed by atoms with Crippen molar-refractivity contribution in [3.05, 3.63) is 22.8 Å². The maximum absolute atomic E-state index is 12.1. The normalized spacial score (nSPS) is 14.8. The van der Waals surface area contributed by atoms with Gasteiger partial charge in [-0.3, -0.25) is 10.1 Å². The van der Waals surface area contributed by atoms with Crippen LogP contribution in [-0.2, 0) is 9.53 Å². The van der Waals surface area contributed by atoms with Gasteiger partial charge in [0.15, 0.2) is 0 Å². The summed E-state index contributed by atoms with van der Waals surface area (Å²) < 4.78 is 28.1. The SMILES string of the molecule is C=CC(=O)OC(C)(C(F)F)[N+](=O)[O-]. The van der Waals surface area contributed by atoms with Gasteiger partial charge >= 0.3 is 18.1 Å². The molecule has 1 atom stereocenters. The van der Waals surface area contributed by atoms with Crippen LogP contribution in [0.3, 0.4) is 0 Å². The Labute approximate surface area is 72.1 Å². The molecule has 7 heteroatoms. The highest BCUT2D eigenvalue weighted by Crippen LogP contribution is 2.21. The predicted octanol–water partition coefficient (Wildman–Crippen LogP) is 0.974. The molecule has 0 N–H and O–H groups in total. The molecule has 0 aliphatic rings. The minimum atomic E-state index is -3.40. The lowest BCUT2D eigenvalue weighted by atomic mass is 10.3. The number of nitro groups is 1. The molecule has 0 aliphatic heterocycles. The molecule has 0 radical (unpaired) electrons. The maximum atomic E-state index is 12.1. The molecule has 0 aromatic carbocycles. The molecule has 0 aromatic rings. The van der Waals surface area contributed by atoms with Crippen molar-refractivity contribution in [2.45, 2.75) is 19.1 Å². The number of hydrogen-bond donors (Lipinski definition) is 0. The first-order valence-electron chi connectivity index (χ1n) is 3.12. The Balaban J connectivity index is 4.71. The van der Waals surface area contributed by atoms with Gasteiger partial charge in [-0.05, 0) is 0 Å². The lowest BCUT2D eigenvalue weighted by Crippen LogP contribution is -2.46. The van der Waals surface area contributed by atoms with Gasteiger partial charge in [0, 0.05) is 6.08 Å². The van der Waals surface area contributed by atoms with E-state index in [9.17, 15) is 23.7 Å². The molecular weight excluding hydrogens is 188 g/mol. The molecule has 0 aromatic heterocycles. The summed E-state index contributed by atoms with van der Waals surface area (Å²) in [7, 11) is 0. The number of esters is 1. The van der Waals surface area contributed by atoms with Crippen molar-refractivity contribution in [2.24, 2.45) is 0 Å². The highest BCUT2D eigenvalue weighted by molar-refractivity contribution is 5.81. The van der Waals surface area contributed by atoms with E-state index in [2.05, 4.69) is 11.3 Å². The first-order valence-corrected chi connectivity index (χ1v) is 3.12. The van der Waals surface area contributed by atoms with Crippen molar-refractivity contribution in [2.75, 3.05) is 0 Å². The van der Waals surface area contributed by atoms with Crippen LogP contribution >= 0.6 is 0 Å². The van der Waals surface area contributed by atoms with Gasteiger partial charge in [0.2, 0.25) is 0 Å². The highest BCUT2D eigenvalue weighted by Gasteiger charge is 2.51. The average Bonchev–Trinajstić information content (AvgIpc) is 2.03. The molecule has 13 heavy (non-hydrogen) atoms.